The lowest BCUT2D eigenvalue weighted by Gasteiger charge is -2.13. The predicted octanol–water partition coefficient (Wildman–Crippen LogP) is 4.26. The zero-order valence-corrected chi connectivity index (χ0v) is 12.5. The van der Waals surface area contributed by atoms with Gasteiger partial charge in [0.05, 0.1) is 12.7 Å². The van der Waals surface area contributed by atoms with E-state index in [1.165, 1.54) is 6.07 Å². The maximum atomic E-state index is 13.6. The summed E-state index contributed by atoms with van der Waals surface area (Å²) in [6.45, 7) is 2.55. The van der Waals surface area contributed by atoms with Gasteiger partial charge in [0.2, 0.25) is 0 Å². The van der Waals surface area contributed by atoms with Crippen LogP contribution in [0, 0.1) is 17.1 Å². The Balaban J connectivity index is 2.12. The Hall–Kier alpha value is -2.54. The van der Waals surface area contributed by atoms with Gasteiger partial charge >= 0.3 is 0 Å². The molecule has 0 radical (unpaired) electrons. The predicted molar refractivity (Wildman–Crippen MR) is 82.3 cm³/mol. The number of hydrogen-bond acceptors (Lipinski definition) is 3. The van der Waals surface area contributed by atoms with Crippen molar-refractivity contribution < 1.29 is 13.9 Å². The molecule has 0 heterocycles. The van der Waals surface area contributed by atoms with E-state index in [0.29, 0.717) is 36.5 Å². The summed E-state index contributed by atoms with van der Waals surface area (Å²) in [6, 6.07) is 14.2. The monoisotopic (exact) mass is 299 g/mol. The van der Waals surface area contributed by atoms with E-state index in [0.717, 1.165) is 5.56 Å². The van der Waals surface area contributed by atoms with Crippen LogP contribution in [0.5, 0.6) is 11.5 Å². The van der Waals surface area contributed by atoms with Gasteiger partial charge in [-0.2, -0.15) is 5.26 Å². The van der Waals surface area contributed by atoms with Crippen molar-refractivity contribution in [2.24, 2.45) is 0 Å². The van der Waals surface area contributed by atoms with Crippen LogP contribution in [0.1, 0.15) is 24.5 Å². The number of nitriles is 1. The van der Waals surface area contributed by atoms with Crippen molar-refractivity contribution in [3.63, 3.8) is 0 Å². The number of hydrogen-bond donors (Lipinski definition) is 0. The fraction of sp³-hybridized carbons (Fsp3) is 0.278. The van der Waals surface area contributed by atoms with Crippen molar-refractivity contribution in [2.75, 3.05) is 6.61 Å². The largest absolute Gasteiger partial charge is 0.490 e. The lowest BCUT2D eigenvalue weighted by Crippen LogP contribution is -2.02. The Bertz CT molecular complexity index is 664. The maximum Gasteiger partial charge on any atom is 0.161 e. The van der Waals surface area contributed by atoms with Gasteiger partial charge in [0, 0.05) is 12.0 Å². The summed E-state index contributed by atoms with van der Waals surface area (Å²) in [5.74, 6) is 0.909. The number of nitrogens with zero attached hydrogens (tertiary/aromatic N) is 1. The summed E-state index contributed by atoms with van der Waals surface area (Å²) in [4.78, 5) is 0. The van der Waals surface area contributed by atoms with Gasteiger partial charge in [-0.3, -0.25) is 0 Å². The molecule has 0 N–H and O–H groups in total. The van der Waals surface area contributed by atoms with Crippen LogP contribution in [0.15, 0.2) is 42.5 Å². The molecular formula is C18H18FNO2. The first-order valence-corrected chi connectivity index (χ1v) is 7.23. The van der Waals surface area contributed by atoms with Crippen LogP contribution in [-0.4, -0.2) is 6.61 Å². The fourth-order valence-electron chi connectivity index (χ4n) is 2.07. The van der Waals surface area contributed by atoms with Crippen LogP contribution >= 0.6 is 0 Å². The number of benzene rings is 2. The molecule has 0 spiro atoms. The minimum Gasteiger partial charge on any atom is -0.490 e. The van der Waals surface area contributed by atoms with Crippen LogP contribution in [-0.2, 0) is 13.0 Å². The molecule has 0 bridgehead atoms. The molecule has 0 aromatic heterocycles. The molecular weight excluding hydrogens is 281 g/mol. The smallest absolute Gasteiger partial charge is 0.161 e. The number of rotatable bonds is 7. The topological polar surface area (TPSA) is 42.2 Å². The zero-order valence-electron chi connectivity index (χ0n) is 12.5. The Morgan fingerprint density at radius 3 is 2.64 bits per heavy atom. The van der Waals surface area contributed by atoms with E-state index >= 15 is 0 Å². The van der Waals surface area contributed by atoms with Gasteiger partial charge in [-0.05, 0) is 37.1 Å². The Morgan fingerprint density at radius 2 is 1.91 bits per heavy atom. The number of halogens is 1. The highest BCUT2D eigenvalue weighted by Gasteiger charge is 2.08. The van der Waals surface area contributed by atoms with E-state index in [9.17, 15) is 4.39 Å². The van der Waals surface area contributed by atoms with Crippen LogP contribution in [0.3, 0.4) is 0 Å². The highest BCUT2D eigenvalue weighted by Crippen LogP contribution is 2.30. The van der Waals surface area contributed by atoms with Gasteiger partial charge in [0.15, 0.2) is 11.5 Å². The summed E-state index contributed by atoms with van der Waals surface area (Å²) in [7, 11) is 0. The molecule has 114 valence electrons. The van der Waals surface area contributed by atoms with Crippen LogP contribution < -0.4 is 9.47 Å². The summed E-state index contributed by atoms with van der Waals surface area (Å²) < 4.78 is 24.9. The second-order valence-corrected chi connectivity index (χ2v) is 4.75. The Morgan fingerprint density at radius 1 is 1.09 bits per heavy atom. The van der Waals surface area contributed by atoms with Crippen molar-refractivity contribution in [3.05, 3.63) is 59.4 Å². The minimum absolute atomic E-state index is 0.143. The van der Waals surface area contributed by atoms with Crippen molar-refractivity contribution in [1.82, 2.24) is 0 Å². The summed E-state index contributed by atoms with van der Waals surface area (Å²) in [5, 5.41) is 8.65. The van der Waals surface area contributed by atoms with Crippen molar-refractivity contribution in [3.8, 4) is 17.6 Å². The van der Waals surface area contributed by atoms with Crippen LogP contribution in [0.4, 0.5) is 4.39 Å². The molecule has 0 unspecified atom stereocenters. The van der Waals surface area contributed by atoms with E-state index in [1.54, 1.807) is 24.3 Å². The van der Waals surface area contributed by atoms with Gasteiger partial charge < -0.3 is 9.47 Å². The molecule has 0 atom stereocenters. The first kappa shape index (κ1) is 15.8. The molecule has 22 heavy (non-hydrogen) atoms. The van der Waals surface area contributed by atoms with Crippen molar-refractivity contribution in [1.29, 1.82) is 5.26 Å². The first-order chi connectivity index (χ1) is 10.7. The maximum absolute atomic E-state index is 13.6. The van der Waals surface area contributed by atoms with Gasteiger partial charge in [-0.1, -0.05) is 24.3 Å². The third-order valence-corrected chi connectivity index (χ3v) is 3.17. The quantitative estimate of drug-likeness (QED) is 0.767. The van der Waals surface area contributed by atoms with Crippen molar-refractivity contribution >= 4 is 0 Å². The van der Waals surface area contributed by atoms with Crippen molar-refractivity contribution in [2.45, 2.75) is 26.4 Å². The highest BCUT2D eigenvalue weighted by molar-refractivity contribution is 5.43. The van der Waals surface area contributed by atoms with Gasteiger partial charge in [-0.15, -0.1) is 0 Å². The molecule has 0 saturated heterocycles. The molecule has 2 aromatic rings. The number of ether oxygens (including phenoxy) is 2. The third kappa shape index (κ3) is 4.23. The Labute approximate surface area is 129 Å². The van der Waals surface area contributed by atoms with E-state index in [1.807, 2.05) is 19.1 Å². The first-order valence-electron chi connectivity index (χ1n) is 7.23. The second kappa shape index (κ2) is 8.04. The van der Waals surface area contributed by atoms with Gasteiger partial charge in [0.25, 0.3) is 0 Å². The highest BCUT2D eigenvalue weighted by atomic mass is 19.1. The molecule has 0 amide bonds. The lowest BCUT2D eigenvalue weighted by atomic mass is 10.1. The lowest BCUT2D eigenvalue weighted by molar-refractivity contribution is 0.265. The Kier molecular flexibility index (Phi) is 5.79. The SMILES string of the molecule is CCOc1cc(CCC#N)ccc1OCc1ccccc1F. The summed E-state index contributed by atoms with van der Waals surface area (Å²) in [6.07, 6.45) is 1.13. The molecule has 2 aromatic carbocycles. The molecule has 0 aliphatic carbocycles. The van der Waals surface area contributed by atoms with E-state index in [2.05, 4.69) is 6.07 Å². The molecule has 4 heteroatoms. The molecule has 0 aliphatic rings. The number of aryl methyl sites for hydroxylation is 1. The van der Waals surface area contributed by atoms with Crippen LogP contribution in [0.25, 0.3) is 0 Å². The molecule has 3 nitrogen and oxygen atoms in total. The summed E-state index contributed by atoms with van der Waals surface area (Å²) >= 11 is 0. The molecule has 0 aliphatic heterocycles. The van der Waals surface area contributed by atoms with Gasteiger partial charge in [0.1, 0.15) is 12.4 Å². The second-order valence-electron chi connectivity index (χ2n) is 4.75. The third-order valence-electron chi connectivity index (χ3n) is 3.17. The average Bonchev–Trinajstić information content (AvgIpc) is 2.53. The zero-order chi connectivity index (χ0) is 15.8. The normalized spacial score (nSPS) is 10.0. The van der Waals surface area contributed by atoms with E-state index < -0.39 is 0 Å². The van der Waals surface area contributed by atoms with E-state index in [4.69, 9.17) is 14.7 Å². The molecule has 2 rings (SSSR count). The fourth-order valence-corrected chi connectivity index (χ4v) is 2.07. The van der Waals surface area contributed by atoms with E-state index in [-0.39, 0.29) is 12.4 Å². The standard InChI is InChI=1S/C18H18FNO2/c1-2-21-18-12-14(6-5-11-20)9-10-17(18)22-13-15-7-3-4-8-16(15)19/h3-4,7-10,12H,2,5-6,13H2,1H3. The molecule has 0 fully saturated rings. The summed E-state index contributed by atoms with van der Waals surface area (Å²) in [5.41, 5.74) is 1.52. The molecule has 0 saturated carbocycles. The van der Waals surface area contributed by atoms with Crippen LogP contribution in [0.2, 0.25) is 0 Å². The minimum atomic E-state index is -0.286. The van der Waals surface area contributed by atoms with Gasteiger partial charge in [-0.25, -0.2) is 4.39 Å². The average molecular weight is 299 g/mol.